The largest absolute Gasteiger partial charge is 0.495 e. The number of para-hydroxylation sites is 2. The van der Waals surface area contributed by atoms with E-state index in [1.807, 2.05) is 12.1 Å². The molecule has 1 aromatic carbocycles. The van der Waals surface area contributed by atoms with Gasteiger partial charge in [-0.05, 0) is 37.3 Å². The molecule has 0 radical (unpaired) electrons. The van der Waals surface area contributed by atoms with Gasteiger partial charge in [-0.15, -0.1) is 0 Å². The standard InChI is InChI=1S/C17H17NO3/c1-9-7-10-8-11(9)15-14(10)16(19)18(17(15)20)12-5-3-4-6-13(12)21-2/h3-7,10-11,14-15H,8H2,1-2H3/t10-,11+,14+,15-/m0/s1. The van der Waals surface area contributed by atoms with Gasteiger partial charge in [0, 0.05) is 0 Å². The molecule has 2 fully saturated rings. The first kappa shape index (κ1) is 12.6. The van der Waals surface area contributed by atoms with E-state index in [4.69, 9.17) is 4.74 Å². The van der Waals surface area contributed by atoms with E-state index < -0.39 is 0 Å². The number of benzene rings is 1. The van der Waals surface area contributed by atoms with Crippen molar-refractivity contribution in [3.63, 3.8) is 0 Å². The molecule has 1 saturated heterocycles. The number of anilines is 1. The van der Waals surface area contributed by atoms with Crippen molar-refractivity contribution in [3.8, 4) is 5.75 Å². The van der Waals surface area contributed by atoms with Crippen molar-refractivity contribution in [2.45, 2.75) is 13.3 Å². The van der Waals surface area contributed by atoms with Crippen LogP contribution in [-0.2, 0) is 9.59 Å². The van der Waals surface area contributed by atoms with Crippen LogP contribution in [0.1, 0.15) is 13.3 Å². The molecule has 4 nitrogen and oxygen atoms in total. The lowest BCUT2D eigenvalue weighted by Crippen LogP contribution is -2.33. The number of allylic oxidation sites excluding steroid dienone is 2. The summed E-state index contributed by atoms with van der Waals surface area (Å²) in [7, 11) is 1.56. The lowest BCUT2D eigenvalue weighted by Gasteiger charge is -2.20. The van der Waals surface area contributed by atoms with Gasteiger partial charge in [0.1, 0.15) is 5.75 Å². The molecule has 0 aromatic heterocycles. The molecular formula is C17H17NO3. The van der Waals surface area contributed by atoms with Gasteiger partial charge in [0.25, 0.3) is 0 Å². The third kappa shape index (κ3) is 1.50. The maximum absolute atomic E-state index is 12.8. The Morgan fingerprint density at radius 2 is 1.86 bits per heavy atom. The number of carbonyl (C=O) groups excluding carboxylic acids is 2. The van der Waals surface area contributed by atoms with E-state index in [-0.39, 0.29) is 35.5 Å². The highest BCUT2D eigenvalue weighted by Crippen LogP contribution is 2.56. The van der Waals surface area contributed by atoms with Gasteiger partial charge in [-0.3, -0.25) is 9.59 Å². The molecule has 0 unspecified atom stereocenters. The van der Waals surface area contributed by atoms with E-state index in [0.717, 1.165) is 6.42 Å². The second-order valence-corrected chi connectivity index (χ2v) is 6.15. The van der Waals surface area contributed by atoms with Gasteiger partial charge >= 0.3 is 0 Å². The molecule has 3 aliphatic rings. The second kappa shape index (κ2) is 4.20. The number of hydrogen-bond acceptors (Lipinski definition) is 3. The number of fused-ring (bicyclic) bond motifs is 5. The second-order valence-electron chi connectivity index (χ2n) is 6.15. The number of rotatable bonds is 2. The van der Waals surface area contributed by atoms with Gasteiger partial charge in [0.2, 0.25) is 11.8 Å². The zero-order valence-corrected chi connectivity index (χ0v) is 12.1. The summed E-state index contributed by atoms with van der Waals surface area (Å²) in [6, 6.07) is 7.22. The van der Waals surface area contributed by atoms with Crippen LogP contribution in [0, 0.1) is 23.7 Å². The van der Waals surface area contributed by atoms with E-state index in [0.29, 0.717) is 11.4 Å². The average molecular weight is 283 g/mol. The summed E-state index contributed by atoms with van der Waals surface area (Å²) in [5.41, 5.74) is 1.84. The molecule has 1 heterocycles. The normalized spacial score (nSPS) is 33.4. The van der Waals surface area contributed by atoms with Gasteiger partial charge in [-0.2, -0.15) is 0 Å². The van der Waals surface area contributed by atoms with Crippen molar-refractivity contribution < 1.29 is 14.3 Å². The molecule has 2 aliphatic carbocycles. The summed E-state index contributed by atoms with van der Waals surface area (Å²) in [4.78, 5) is 27.0. The molecule has 2 bridgehead atoms. The Bertz CT molecular complexity index is 678. The van der Waals surface area contributed by atoms with Crippen LogP contribution >= 0.6 is 0 Å². The summed E-state index contributed by atoms with van der Waals surface area (Å²) in [6.07, 6.45) is 3.14. The molecule has 0 N–H and O–H groups in total. The van der Waals surface area contributed by atoms with Crippen LogP contribution < -0.4 is 9.64 Å². The fourth-order valence-electron chi connectivity index (χ4n) is 4.33. The van der Waals surface area contributed by atoms with Crippen molar-refractivity contribution in [1.29, 1.82) is 0 Å². The lowest BCUT2D eigenvalue weighted by molar-refractivity contribution is -0.123. The quantitative estimate of drug-likeness (QED) is 0.618. The molecule has 2 amide bonds. The van der Waals surface area contributed by atoms with Crippen LogP contribution in [0.15, 0.2) is 35.9 Å². The van der Waals surface area contributed by atoms with E-state index >= 15 is 0 Å². The predicted octanol–water partition coefficient (Wildman–Crippen LogP) is 2.40. The zero-order chi connectivity index (χ0) is 14.7. The van der Waals surface area contributed by atoms with Gasteiger partial charge in [0.15, 0.2) is 0 Å². The van der Waals surface area contributed by atoms with Crippen LogP contribution in [0.4, 0.5) is 5.69 Å². The Hall–Kier alpha value is -2.10. The minimum absolute atomic E-state index is 0.0607. The van der Waals surface area contributed by atoms with Crippen molar-refractivity contribution in [2.75, 3.05) is 12.0 Å². The summed E-state index contributed by atoms with van der Waals surface area (Å²) in [6.45, 7) is 2.07. The first-order chi connectivity index (χ1) is 10.1. The maximum Gasteiger partial charge on any atom is 0.238 e. The fourth-order valence-corrected chi connectivity index (χ4v) is 4.33. The Morgan fingerprint density at radius 3 is 2.62 bits per heavy atom. The number of ether oxygens (including phenoxy) is 1. The Kier molecular flexibility index (Phi) is 2.52. The molecule has 1 aliphatic heterocycles. The van der Waals surface area contributed by atoms with Crippen molar-refractivity contribution >= 4 is 17.5 Å². The number of imide groups is 1. The Morgan fingerprint density at radius 1 is 1.14 bits per heavy atom. The fraction of sp³-hybridized carbons (Fsp3) is 0.412. The highest BCUT2D eigenvalue weighted by Gasteiger charge is 2.61. The third-order valence-corrected chi connectivity index (χ3v) is 5.21. The molecule has 21 heavy (non-hydrogen) atoms. The molecule has 4 rings (SSSR count). The smallest absolute Gasteiger partial charge is 0.238 e. The highest BCUT2D eigenvalue weighted by molar-refractivity contribution is 6.23. The van der Waals surface area contributed by atoms with E-state index in [9.17, 15) is 9.59 Å². The number of methoxy groups -OCH3 is 1. The minimum atomic E-state index is -0.170. The van der Waals surface area contributed by atoms with Crippen LogP contribution in [0.5, 0.6) is 5.75 Å². The lowest BCUT2D eigenvalue weighted by atomic mass is 9.82. The first-order valence-corrected chi connectivity index (χ1v) is 7.32. The first-order valence-electron chi connectivity index (χ1n) is 7.32. The number of carbonyl (C=O) groups is 2. The van der Waals surface area contributed by atoms with Crippen LogP contribution in [0.2, 0.25) is 0 Å². The molecule has 4 heteroatoms. The van der Waals surface area contributed by atoms with E-state index in [1.54, 1.807) is 19.2 Å². The van der Waals surface area contributed by atoms with Crippen molar-refractivity contribution in [1.82, 2.24) is 0 Å². The summed E-state index contributed by atoms with van der Waals surface area (Å²) < 4.78 is 5.31. The highest BCUT2D eigenvalue weighted by atomic mass is 16.5. The summed E-state index contributed by atoms with van der Waals surface area (Å²) in [5.74, 6) is 0.581. The molecule has 108 valence electrons. The van der Waals surface area contributed by atoms with Crippen LogP contribution in [0.25, 0.3) is 0 Å². The number of hydrogen-bond donors (Lipinski definition) is 0. The van der Waals surface area contributed by atoms with Gasteiger partial charge in [-0.1, -0.05) is 23.8 Å². The van der Waals surface area contributed by atoms with Crippen LogP contribution in [-0.4, -0.2) is 18.9 Å². The molecule has 0 spiro atoms. The topological polar surface area (TPSA) is 46.6 Å². The molecule has 1 aromatic rings. The van der Waals surface area contributed by atoms with E-state index in [1.165, 1.54) is 10.5 Å². The van der Waals surface area contributed by atoms with Gasteiger partial charge in [-0.25, -0.2) is 4.90 Å². The van der Waals surface area contributed by atoms with Crippen molar-refractivity contribution in [3.05, 3.63) is 35.9 Å². The average Bonchev–Trinajstić information content (AvgIpc) is 3.11. The summed E-state index contributed by atoms with van der Waals surface area (Å²) >= 11 is 0. The molecule has 1 saturated carbocycles. The van der Waals surface area contributed by atoms with Crippen molar-refractivity contribution in [2.24, 2.45) is 23.7 Å². The number of amides is 2. The molecule has 4 atom stereocenters. The minimum Gasteiger partial charge on any atom is -0.495 e. The maximum atomic E-state index is 12.8. The predicted molar refractivity (Wildman–Crippen MR) is 77.8 cm³/mol. The Labute approximate surface area is 123 Å². The number of nitrogens with zero attached hydrogens (tertiary/aromatic N) is 1. The summed E-state index contributed by atoms with van der Waals surface area (Å²) in [5, 5.41) is 0. The third-order valence-electron chi connectivity index (χ3n) is 5.21. The SMILES string of the molecule is COc1ccccc1N1C(=O)[C@@H]2[C@H](C1=O)[C@H]1C=C(C)[C@H]2C1. The van der Waals surface area contributed by atoms with Gasteiger partial charge in [0.05, 0.1) is 24.6 Å². The zero-order valence-electron chi connectivity index (χ0n) is 12.1. The molecular weight excluding hydrogens is 266 g/mol. The Balaban J connectivity index is 1.77. The van der Waals surface area contributed by atoms with E-state index in [2.05, 4.69) is 13.0 Å². The monoisotopic (exact) mass is 283 g/mol. The van der Waals surface area contributed by atoms with Gasteiger partial charge < -0.3 is 4.74 Å². The van der Waals surface area contributed by atoms with Crippen LogP contribution in [0.3, 0.4) is 0 Å².